The summed E-state index contributed by atoms with van der Waals surface area (Å²) in [6.45, 7) is 5.97. The summed E-state index contributed by atoms with van der Waals surface area (Å²) in [5.74, 6) is 0.537. The standard InChI is InChI=1S/C21H23N5OS/c1-14-5-6-15(2)19(11-14)16(3)23-24-20(27)18-9-7-17(8-10-18)12-28-21-25-22-13-26(21)4/h5-11,13H,12H2,1-4H3,(H,24,27)/b23-16-. The predicted octanol–water partition coefficient (Wildman–Crippen LogP) is 3.88. The largest absolute Gasteiger partial charge is 0.312 e. The molecule has 144 valence electrons. The molecule has 0 aliphatic heterocycles. The van der Waals surface area contributed by atoms with Crippen LogP contribution in [0.1, 0.15) is 39.5 Å². The number of rotatable bonds is 6. The maximum absolute atomic E-state index is 12.4. The highest BCUT2D eigenvalue weighted by Crippen LogP contribution is 2.20. The molecule has 1 N–H and O–H groups in total. The van der Waals surface area contributed by atoms with Gasteiger partial charge in [0, 0.05) is 23.9 Å². The zero-order chi connectivity index (χ0) is 20.1. The molecule has 0 aliphatic carbocycles. The van der Waals surface area contributed by atoms with Crippen molar-refractivity contribution in [3.63, 3.8) is 0 Å². The summed E-state index contributed by atoms with van der Waals surface area (Å²) in [6, 6.07) is 13.7. The molecule has 0 unspecified atom stereocenters. The van der Waals surface area contributed by atoms with Gasteiger partial charge in [0.25, 0.3) is 5.91 Å². The van der Waals surface area contributed by atoms with E-state index in [0.29, 0.717) is 5.56 Å². The van der Waals surface area contributed by atoms with Crippen molar-refractivity contribution in [3.8, 4) is 0 Å². The number of thioether (sulfide) groups is 1. The van der Waals surface area contributed by atoms with Crippen LogP contribution in [0.2, 0.25) is 0 Å². The van der Waals surface area contributed by atoms with Crippen LogP contribution in [0.4, 0.5) is 0 Å². The number of aromatic nitrogens is 3. The summed E-state index contributed by atoms with van der Waals surface area (Å²) in [5, 5.41) is 13.0. The van der Waals surface area contributed by atoms with Crippen molar-refractivity contribution in [3.05, 3.63) is 76.6 Å². The number of amides is 1. The first-order valence-corrected chi connectivity index (χ1v) is 9.90. The highest BCUT2D eigenvalue weighted by atomic mass is 32.2. The predicted molar refractivity (Wildman–Crippen MR) is 113 cm³/mol. The number of carbonyl (C=O) groups is 1. The van der Waals surface area contributed by atoms with Crippen LogP contribution in [0.5, 0.6) is 0 Å². The Hall–Kier alpha value is -2.93. The van der Waals surface area contributed by atoms with Crippen LogP contribution >= 0.6 is 11.8 Å². The van der Waals surface area contributed by atoms with Gasteiger partial charge in [-0.25, -0.2) is 5.43 Å². The second-order valence-electron chi connectivity index (χ2n) is 6.67. The van der Waals surface area contributed by atoms with Crippen molar-refractivity contribution in [1.82, 2.24) is 20.2 Å². The molecule has 7 heteroatoms. The summed E-state index contributed by atoms with van der Waals surface area (Å²) in [7, 11) is 1.91. The summed E-state index contributed by atoms with van der Waals surface area (Å²) in [6.07, 6.45) is 1.68. The molecule has 1 amide bonds. The SMILES string of the molecule is C/C(=N/NC(=O)c1ccc(CSc2nncn2C)cc1)c1cc(C)ccc1C. The van der Waals surface area contributed by atoms with Gasteiger partial charge in [-0.15, -0.1) is 10.2 Å². The molecule has 1 heterocycles. The molecule has 0 bridgehead atoms. The fraction of sp³-hybridized carbons (Fsp3) is 0.238. The van der Waals surface area contributed by atoms with E-state index in [9.17, 15) is 4.79 Å². The third-order valence-corrected chi connectivity index (χ3v) is 5.47. The average molecular weight is 394 g/mol. The van der Waals surface area contributed by atoms with Gasteiger partial charge < -0.3 is 4.57 Å². The summed E-state index contributed by atoms with van der Waals surface area (Å²) >= 11 is 1.60. The Morgan fingerprint density at radius 3 is 2.61 bits per heavy atom. The van der Waals surface area contributed by atoms with Gasteiger partial charge in [0.15, 0.2) is 5.16 Å². The van der Waals surface area contributed by atoms with Gasteiger partial charge >= 0.3 is 0 Å². The van der Waals surface area contributed by atoms with Crippen LogP contribution in [0.3, 0.4) is 0 Å². The zero-order valence-corrected chi connectivity index (χ0v) is 17.2. The third kappa shape index (κ3) is 4.86. The fourth-order valence-corrected chi connectivity index (χ4v) is 3.53. The van der Waals surface area contributed by atoms with Crippen molar-refractivity contribution in [1.29, 1.82) is 0 Å². The molecule has 0 saturated heterocycles. The van der Waals surface area contributed by atoms with E-state index < -0.39 is 0 Å². The highest BCUT2D eigenvalue weighted by molar-refractivity contribution is 7.98. The van der Waals surface area contributed by atoms with Crippen molar-refractivity contribution in [2.24, 2.45) is 12.1 Å². The number of aryl methyl sites for hydroxylation is 3. The minimum Gasteiger partial charge on any atom is -0.312 e. The number of hydrogen-bond acceptors (Lipinski definition) is 5. The Balaban J connectivity index is 1.61. The van der Waals surface area contributed by atoms with E-state index in [2.05, 4.69) is 38.9 Å². The van der Waals surface area contributed by atoms with Crippen molar-refractivity contribution in [2.45, 2.75) is 31.7 Å². The van der Waals surface area contributed by atoms with Crippen LogP contribution in [0, 0.1) is 13.8 Å². The van der Waals surface area contributed by atoms with Gasteiger partial charge in [-0.2, -0.15) is 5.10 Å². The van der Waals surface area contributed by atoms with Gasteiger partial charge in [-0.1, -0.05) is 41.6 Å². The van der Waals surface area contributed by atoms with E-state index in [1.165, 1.54) is 0 Å². The van der Waals surface area contributed by atoms with Crippen molar-refractivity contribution < 1.29 is 4.79 Å². The molecular weight excluding hydrogens is 370 g/mol. The summed E-state index contributed by atoms with van der Waals surface area (Å²) in [4.78, 5) is 12.4. The molecule has 2 aromatic carbocycles. The molecule has 3 rings (SSSR count). The van der Waals surface area contributed by atoms with E-state index in [0.717, 1.165) is 38.9 Å². The topological polar surface area (TPSA) is 72.2 Å². The number of benzene rings is 2. The molecule has 0 aliphatic rings. The first kappa shape index (κ1) is 19.8. The fourth-order valence-electron chi connectivity index (χ4n) is 2.69. The first-order valence-electron chi connectivity index (χ1n) is 8.92. The lowest BCUT2D eigenvalue weighted by Crippen LogP contribution is -2.19. The first-order chi connectivity index (χ1) is 13.4. The van der Waals surface area contributed by atoms with Crippen LogP contribution in [-0.2, 0) is 12.8 Å². The van der Waals surface area contributed by atoms with Crippen molar-refractivity contribution >= 4 is 23.4 Å². The normalized spacial score (nSPS) is 11.5. The van der Waals surface area contributed by atoms with Crippen LogP contribution in [0.15, 0.2) is 59.0 Å². The second-order valence-corrected chi connectivity index (χ2v) is 7.61. The van der Waals surface area contributed by atoms with Gasteiger partial charge in [0.05, 0.1) is 5.71 Å². The molecule has 0 fully saturated rings. The maximum Gasteiger partial charge on any atom is 0.271 e. The molecule has 0 saturated carbocycles. The second kappa shape index (κ2) is 8.84. The van der Waals surface area contributed by atoms with Gasteiger partial charge in [0.1, 0.15) is 6.33 Å². The maximum atomic E-state index is 12.4. The van der Waals surface area contributed by atoms with Crippen LogP contribution in [0.25, 0.3) is 0 Å². The lowest BCUT2D eigenvalue weighted by Gasteiger charge is -2.08. The summed E-state index contributed by atoms with van der Waals surface area (Å²) in [5.41, 5.74) is 8.45. The van der Waals surface area contributed by atoms with E-state index in [-0.39, 0.29) is 5.91 Å². The number of carbonyl (C=O) groups excluding carboxylic acids is 1. The Labute approximate surface area is 169 Å². The molecule has 3 aromatic rings. The van der Waals surface area contributed by atoms with Crippen LogP contribution in [-0.4, -0.2) is 26.4 Å². The molecule has 0 radical (unpaired) electrons. The van der Waals surface area contributed by atoms with Gasteiger partial charge in [0.2, 0.25) is 0 Å². The van der Waals surface area contributed by atoms with Crippen molar-refractivity contribution in [2.75, 3.05) is 0 Å². The lowest BCUT2D eigenvalue weighted by molar-refractivity contribution is 0.0955. The molecule has 28 heavy (non-hydrogen) atoms. The van der Waals surface area contributed by atoms with E-state index in [1.54, 1.807) is 18.1 Å². The quantitative estimate of drug-likeness (QED) is 0.392. The van der Waals surface area contributed by atoms with Gasteiger partial charge in [-0.3, -0.25) is 4.79 Å². The Morgan fingerprint density at radius 2 is 1.93 bits per heavy atom. The molecule has 1 aromatic heterocycles. The zero-order valence-electron chi connectivity index (χ0n) is 16.4. The number of hydrazone groups is 1. The molecule has 0 atom stereocenters. The minimum atomic E-state index is -0.225. The number of nitrogens with zero attached hydrogens (tertiary/aromatic N) is 4. The Bertz CT molecular complexity index is 1010. The number of nitrogens with one attached hydrogen (secondary N) is 1. The molecule has 6 nitrogen and oxygen atoms in total. The molecule has 0 spiro atoms. The van der Waals surface area contributed by atoms with E-state index in [1.807, 2.05) is 56.7 Å². The number of hydrogen-bond donors (Lipinski definition) is 1. The minimum absolute atomic E-state index is 0.225. The lowest BCUT2D eigenvalue weighted by atomic mass is 10.0. The third-order valence-electron chi connectivity index (χ3n) is 4.36. The smallest absolute Gasteiger partial charge is 0.271 e. The molecular formula is C21H23N5OS. The Kier molecular flexibility index (Phi) is 6.26. The van der Waals surface area contributed by atoms with E-state index >= 15 is 0 Å². The van der Waals surface area contributed by atoms with Gasteiger partial charge in [-0.05, 0) is 50.1 Å². The summed E-state index contributed by atoms with van der Waals surface area (Å²) < 4.78 is 1.88. The average Bonchev–Trinajstić information content (AvgIpc) is 3.11. The Morgan fingerprint density at radius 1 is 1.18 bits per heavy atom. The van der Waals surface area contributed by atoms with Crippen LogP contribution < -0.4 is 5.43 Å². The van der Waals surface area contributed by atoms with E-state index in [4.69, 9.17) is 0 Å². The highest BCUT2D eigenvalue weighted by Gasteiger charge is 2.08. The monoisotopic (exact) mass is 393 g/mol.